The zero-order chi connectivity index (χ0) is 14.8. The highest BCUT2D eigenvalue weighted by molar-refractivity contribution is 14.1. The third-order valence-electron chi connectivity index (χ3n) is 2.45. The van der Waals surface area contributed by atoms with Crippen LogP contribution in [0.15, 0.2) is 17.3 Å². The molecule has 6 nitrogen and oxygen atoms in total. The summed E-state index contributed by atoms with van der Waals surface area (Å²) in [4.78, 5) is 17.6. The monoisotopic (exact) mass is 397 g/mol. The van der Waals surface area contributed by atoms with Crippen LogP contribution in [-0.4, -0.2) is 48.5 Å². The van der Waals surface area contributed by atoms with Crippen molar-refractivity contribution in [3.05, 3.63) is 26.8 Å². The number of nitrogens with zero attached hydrogens (tertiary/aromatic N) is 3. The number of carbonyl (C=O) groups excluding carboxylic acids is 1. The maximum absolute atomic E-state index is 12.4. The van der Waals surface area contributed by atoms with Gasteiger partial charge in [0.15, 0.2) is 15.7 Å². The second kappa shape index (κ2) is 6.04. The SMILES string of the molecule is CCS(=O)(=O)/C(=C\N(C)C)C(=O)c1ncc(I)n1C. The smallest absolute Gasteiger partial charge is 0.241 e. The number of ketones is 1. The molecule has 1 aromatic rings. The lowest BCUT2D eigenvalue weighted by molar-refractivity contribution is 0.102. The Morgan fingerprint density at radius 1 is 1.53 bits per heavy atom. The maximum Gasteiger partial charge on any atom is 0.241 e. The summed E-state index contributed by atoms with van der Waals surface area (Å²) in [7, 11) is 1.41. The van der Waals surface area contributed by atoms with E-state index in [1.165, 1.54) is 24.2 Å². The van der Waals surface area contributed by atoms with Crippen LogP contribution in [0.5, 0.6) is 0 Å². The van der Waals surface area contributed by atoms with Crippen LogP contribution in [-0.2, 0) is 16.9 Å². The molecule has 0 aliphatic carbocycles. The number of Topliss-reactive ketones (excluding diaryl/α,β-unsaturated/α-hetero) is 1. The summed E-state index contributed by atoms with van der Waals surface area (Å²) in [6, 6.07) is 0. The molecule has 0 saturated heterocycles. The second-order valence-electron chi connectivity index (χ2n) is 4.15. The minimum atomic E-state index is -3.60. The fourth-order valence-corrected chi connectivity index (χ4v) is 2.80. The van der Waals surface area contributed by atoms with Crippen molar-refractivity contribution < 1.29 is 13.2 Å². The van der Waals surface area contributed by atoms with Gasteiger partial charge in [-0.25, -0.2) is 13.4 Å². The molecule has 1 heterocycles. The molecule has 0 aliphatic heterocycles. The lowest BCUT2D eigenvalue weighted by atomic mass is 10.3. The van der Waals surface area contributed by atoms with Gasteiger partial charge < -0.3 is 9.47 Å². The molecule has 19 heavy (non-hydrogen) atoms. The molecule has 0 radical (unpaired) electrons. The molecule has 0 amide bonds. The number of rotatable bonds is 5. The summed E-state index contributed by atoms with van der Waals surface area (Å²) in [5.74, 6) is -0.588. The highest BCUT2D eigenvalue weighted by Crippen LogP contribution is 2.16. The molecule has 0 saturated carbocycles. The van der Waals surface area contributed by atoms with Gasteiger partial charge in [0.25, 0.3) is 0 Å². The van der Waals surface area contributed by atoms with Crippen molar-refractivity contribution in [2.24, 2.45) is 7.05 Å². The van der Waals surface area contributed by atoms with Crippen LogP contribution in [0.1, 0.15) is 17.5 Å². The molecule has 1 aromatic heterocycles. The zero-order valence-electron chi connectivity index (χ0n) is 11.2. The normalized spacial score (nSPS) is 12.6. The summed E-state index contributed by atoms with van der Waals surface area (Å²) in [6.07, 6.45) is 2.85. The quantitative estimate of drug-likeness (QED) is 0.422. The number of hydrogen-bond donors (Lipinski definition) is 0. The molecule has 0 spiro atoms. The first-order valence-corrected chi connectivity index (χ1v) is 8.26. The van der Waals surface area contributed by atoms with E-state index in [1.54, 1.807) is 25.7 Å². The second-order valence-corrected chi connectivity index (χ2v) is 7.50. The van der Waals surface area contributed by atoms with Crippen molar-refractivity contribution in [2.45, 2.75) is 6.92 Å². The van der Waals surface area contributed by atoms with Crippen LogP contribution in [0.25, 0.3) is 0 Å². The first kappa shape index (κ1) is 16.2. The van der Waals surface area contributed by atoms with Crippen LogP contribution < -0.4 is 0 Å². The number of imidazole rings is 1. The van der Waals surface area contributed by atoms with Gasteiger partial charge in [-0.15, -0.1) is 0 Å². The van der Waals surface area contributed by atoms with Gasteiger partial charge >= 0.3 is 0 Å². The summed E-state index contributed by atoms with van der Waals surface area (Å²) in [6.45, 7) is 1.51. The summed E-state index contributed by atoms with van der Waals surface area (Å²) in [5, 5.41) is 0. The predicted octanol–water partition coefficient (Wildman–Crippen LogP) is 1.05. The maximum atomic E-state index is 12.4. The Balaban J connectivity index is 3.36. The molecule has 106 valence electrons. The van der Waals surface area contributed by atoms with E-state index in [1.807, 2.05) is 22.6 Å². The molecular weight excluding hydrogens is 381 g/mol. The van der Waals surface area contributed by atoms with E-state index in [-0.39, 0.29) is 16.5 Å². The van der Waals surface area contributed by atoms with Crippen LogP contribution in [0.3, 0.4) is 0 Å². The molecule has 0 N–H and O–H groups in total. The topological polar surface area (TPSA) is 72.3 Å². The highest BCUT2D eigenvalue weighted by Gasteiger charge is 2.28. The van der Waals surface area contributed by atoms with Gasteiger partial charge in [0.1, 0.15) is 4.91 Å². The Hall–Kier alpha value is -0.900. The van der Waals surface area contributed by atoms with Gasteiger partial charge in [0, 0.05) is 27.3 Å². The van der Waals surface area contributed by atoms with E-state index in [0.29, 0.717) is 0 Å². The van der Waals surface area contributed by atoms with Crippen LogP contribution in [0, 0.1) is 3.70 Å². The number of hydrogen-bond acceptors (Lipinski definition) is 5. The lowest BCUT2D eigenvalue weighted by Gasteiger charge is -2.11. The van der Waals surface area contributed by atoms with Crippen molar-refractivity contribution in [3.8, 4) is 0 Å². The Morgan fingerprint density at radius 2 is 2.11 bits per heavy atom. The molecular formula is C11H16IN3O3S. The number of halogens is 1. The van der Waals surface area contributed by atoms with Gasteiger partial charge in [-0.3, -0.25) is 4.79 Å². The first-order valence-electron chi connectivity index (χ1n) is 5.53. The third kappa shape index (κ3) is 3.56. The van der Waals surface area contributed by atoms with Crippen molar-refractivity contribution in [1.29, 1.82) is 0 Å². The van der Waals surface area contributed by atoms with Gasteiger partial charge in [-0.2, -0.15) is 0 Å². The number of allylic oxidation sites excluding steroid dienone is 1. The fraction of sp³-hybridized carbons (Fsp3) is 0.455. The average molecular weight is 397 g/mol. The Labute approximate surface area is 126 Å². The van der Waals surface area contributed by atoms with E-state index in [2.05, 4.69) is 4.98 Å². The molecule has 0 fully saturated rings. The van der Waals surface area contributed by atoms with Gasteiger partial charge in [-0.05, 0) is 22.6 Å². The van der Waals surface area contributed by atoms with Gasteiger partial charge in [-0.1, -0.05) is 6.92 Å². The zero-order valence-corrected chi connectivity index (χ0v) is 14.2. The largest absolute Gasteiger partial charge is 0.382 e. The van der Waals surface area contributed by atoms with Crippen molar-refractivity contribution in [1.82, 2.24) is 14.5 Å². The van der Waals surface area contributed by atoms with Crippen LogP contribution in [0.2, 0.25) is 0 Å². The standard InChI is InChI=1S/C11H16IN3O3S/c1-5-19(17,18)8(7-14(2)3)10(16)11-13-6-9(12)15(11)4/h6-7H,5H2,1-4H3/b8-7-. The Morgan fingerprint density at radius 3 is 2.47 bits per heavy atom. The van der Waals surface area contributed by atoms with Crippen molar-refractivity contribution >= 4 is 38.2 Å². The van der Waals surface area contributed by atoms with Crippen LogP contribution >= 0.6 is 22.6 Å². The molecule has 8 heteroatoms. The van der Waals surface area contributed by atoms with E-state index in [9.17, 15) is 13.2 Å². The first-order chi connectivity index (χ1) is 8.70. The van der Waals surface area contributed by atoms with Crippen LogP contribution in [0.4, 0.5) is 0 Å². The molecule has 1 rings (SSSR count). The Bertz CT molecular complexity index is 617. The summed E-state index contributed by atoms with van der Waals surface area (Å²) in [5.41, 5.74) is 0. The third-order valence-corrected chi connectivity index (χ3v) is 5.17. The molecule has 0 atom stereocenters. The minimum Gasteiger partial charge on any atom is -0.382 e. The molecule has 0 aromatic carbocycles. The van der Waals surface area contributed by atoms with Crippen molar-refractivity contribution in [2.75, 3.05) is 19.8 Å². The molecule has 0 aliphatic rings. The van der Waals surface area contributed by atoms with Gasteiger partial charge in [0.2, 0.25) is 5.78 Å². The van der Waals surface area contributed by atoms with Gasteiger partial charge in [0.05, 0.1) is 15.7 Å². The van der Waals surface area contributed by atoms with Crippen molar-refractivity contribution in [3.63, 3.8) is 0 Å². The number of carbonyl (C=O) groups is 1. The summed E-state index contributed by atoms with van der Waals surface area (Å²) >= 11 is 2.03. The number of aromatic nitrogens is 2. The summed E-state index contributed by atoms with van der Waals surface area (Å²) < 4.78 is 26.4. The predicted molar refractivity (Wildman–Crippen MR) is 81.5 cm³/mol. The fourth-order valence-electron chi connectivity index (χ4n) is 1.38. The van der Waals surface area contributed by atoms with E-state index in [4.69, 9.17) is 0 Å². The minimum absolute atomic E-state index is 0.120. The van der Waals surface area contributed by atoms with E-state index >= 15 is 0 Å². The average Bonchev–Trinajstić information content (AvgIpc) is 2.66. The Kier molecular flexibility index (Phi) is 5.13. The van der Waals surface area contributed by atoms with E-state index in [0.717, 1.165) is 3.70 Å². The number of sulfone groups is 1. The molecule has 0 unspecified atom stereocenters. The lowest BCUT2D eigenvalue weighted by Crippen LogP contribution is -2.21. The van der Waals surface area contributed by atoms with E-state index < -0.39 is 15.6 Å². The molecule has 0 bridgehead atoms. The highest BCUT2D eigenvalue weighted by atomic mass is 127.